The Bertz CT molecular complexity index is 1880. The van der Waals surface area contributed by atoms with Crippen molar-refractivity contribution in [3.8, 4) is 0 Å². The summed E-state index contributed by atoms with van der Waals surface area (Å²) in [7, 11) is 0. The highest BCUT2D eigenvalue weighted by molar-refractivity contribution is 6.59. The fourth-order valence-electron chi connectivity index (χ4n) is 6.20. The van der Waals surface area contributed by atoms with Crippen LogP contribution in [-0.2, 0) is 40.7 Å². The molecule has 0 heterocycles. The van der Waals surface area contributed by atoms with Crippen LogP contribution in [-0.4, -0.2) is 5.78 Å². The second kappa shape index (κ2) is 14.9. The molecule has 0 saturated heterocycles. The Balaban J connectivity index is 1.21. The molecule has 0 amide bonds. The summed E-state index contributed by atoms with van der Waals surface area (Å²) in [6.45, 7) is 2.09. The summed E-state index contributed by atoms with van der Waals surface area (Å²) in [6.07, 6.45) is 0. The fourth-order valence-corrected chi connectivity index (χ4v) is 6.20. The number of benzene rings is 6. The van der Waals surface area contributed by atoms with Gasteiger partial charge in [0, 0.05) is 22.3 Å². The molecule has 1 aliphatic carbocycles. The van der Waals surface area contributed by atoms with E-state index < -0.39 is 0 Å². The predicted octanol–water partition coefficient (Wildman–Crippen LogP) is 10.2. The molecule has 0 bridgehead atoms. The standard InChI is InChI=1S/C45H36O3/c46-45-43(39-25-21-35(22-26-39)31-47-29-33-13-5-1-6-14-33)41(37-17-9-3-10-18-37)42(38-19-11-4-12-20-38)44(45)40-27-23-36(24-28-40)32-48-30-34-15-7-2-8-16-34/h1-28H,29-32H2. The second-order valence-corrected chi connectivity index (χ2v) is 11.9. The van der Waals surface area contributed by atoms with E-state index in [0.717, 1.165) is 55.7 Å². The molecule has 0 aromatic heterocycles. The lowest BCUT2D eigenvalue weighted by atomic mass is 9.89. The SMILES string of the molecule is O=C1C(c2ccc(COCc3ccccc3)cc2)=C(c2ccccc2)C(c2ccccc2)=C1c1ccc(COCc2ccccc2)cc1. The van der Waals surface area contributed by atoms with Gasteiger partial charge in [0.2, 0.25) is 0 Å². The average Bonchev–Trinajstić information content (AvgIpc) is 3.46. The van der Waals surface area contributed by atoms with Crippen LogP contribution in [0.25, 0.3) is 22.3 Å². The molecule has 1 aliphatic rings. The lowest BCUT2D eigenvalue weighted by Gasteiger charge is -2.14. The van der Waals surface area contributed by atoms with Crippen LogP contribution in [0.3, 0.4) is 0 Å². The highest BCUT2D eigenvalue weighted by atomic mass is 16.5. The Kier molecular flexibility index (Phi) is 9.61. The third-order valence-electron chi connectivity index (χ3n) is 8.57. The first-order chi connectivity index (χ1) is 23.7. The fraction of sp³-hybridized carbons (Fsp3) is 0.0889. The third-order valence-corrected chi connectivity index (χ3v) is 8.57. The first-order valence-electron chi connectivity index (χ1n) is 16.3. The van der Waals surface area contributed by atoms with E-state index in [9.17, 15) is 4.79 Å². The van der Waals surface area contributed by atoms with Crippen LogP contribution < -0.4 is 0 Å². The number of ether oxygens (including phenoxy) is 2. The monoisotopic (exact) mass is 624 g/mol. The molecule has 0 radical (unpaired) electrons. The van der Waals surface area contributed by atoms with Gasteiger partial charge in [-0.3, -0.25) is 4.79 Å². The normalized spacial score (nSPS) is 13.0. The number of hydrogen-bond acceptors (Lipinski definition) is 3. The van der Waals surface area contributed by atoms with Crippen molar-refractivity contribution < 1.29 is 14.3 Å². The van der Waals surface area contributed by atoms with Gasteiger partial charge in [0.1, 0.15) is 0 Å². The van der Waals surface area contributed by atoms with Crippen LogP contribution in [0.2, 0.25) is 0 Å². The Morgan fingerprint density at radius 2 is 0.562 bits per heavy atom. The first-order valence-corrected chi connectivity index (χ1v) is 16.3. The van der Waals surface area contributed by atoms with Crippen molar-refractivity contribution in [3.63, 3.8) is 0 Å². The van der Waals surface area contributed by atoms with Gasteiger partial charge in [0.25, 0.3) is 0 Å². The zero-order valence-corrected chi connectivity index (χ0v) is 26.7. The molecule has 0 spiro atoms. The van der Waals surface area contributed by atoms with Crippen LogP contribution in [0.5, 0.6) is 0 Å². The Labute approximate surface area is 282 Å². The minimum absolute atomic E-state index is 0.0221. The number of carbonyl (C=O) groups is 1. The molecule has 0 fully saturated rings. The van der Waals surface area contributed by atoms with Gasteiger partial charge in [-0.05, 0) is 44.5 Å². The van der Waals surface area contributed by atoms with Gasteiger partial charge in [-0.2, -0.15) is 0 Å². The highest BCUT2D eigenvalue weighted by Crippen LogP contribution is 2.49. The molecule has 3 nitrogen and oxygen atoms in total. The Morgan fingerprint density at radius 1 is 0.292 bits per heavy atom. The van der Waals surface area contributed by atoms with Crippen molar-refractivity contribution in [2.75, 3.05) is 0 Å². The van der Waals surface area contributed by atoms with Crippen molar-refractivity contribution in [2.24, 2.45) is 0 Å². The van der Waals surface area contributed by atoms with E-state index in [4.69, 9.17) is 9.47 Å². The number of Topliss-reactive ketones (excluding diaryl/α,β-unsaturated/α-hetero) is 1. The summed E-state index contributed by atoms with van der Waals surface area (Å²) >= 11 is 0. The minimum atomic E-state index is 0.0221. The van der Waals surface area contributed by atoms with Crippen molar-refractivity contribution in [1.82, 2.24) is 0 Å². The van der Waals surface area contributed by atoms with Gasteiger partial charge in [-0.15, -0.1) is 0 Å². The summed E-state index contributed by atoms with van der Waals surface area (Å²) in [4.78, 5) is 14.7. The summed E-state index contributed by atoms with van der Waals surface area (Å²) < 4.78 is 12.0. The minimum Gasteiger partial charge on any atom is -0.372 e. The van der Waals surface area contributed by atoms with Crippen LogP contribution in [0, 0.1) is 0 Å². The number of rotatable bonds is 12. The summed E-state index contributed by atoms with van der Waals surface area (Å²) in [5.74, 6) is 0.0221. The smallest absolute Gasteiger partial charge is 0.195 e. The van der Waals surface area contributed by atoms with Crippen LogP contribution in [0.15, 0.2) is 170 Å². The van der Waals surface area contributed by atoms with E-state index >= 15 is 0 Å². The zero-order valence-electron chi connectivity index (χ0n) is 26.7. The molecule has 0 atom stereocenters. The van der Waals surface area contributed by atoms with Gasteiger partial charge in [-0.1, -0.05) is 170 Å². The molecule has 6 aromatic carbocycles. The van der Waals surface area contributed by atoms with E-state index in [1.54, 1.807) is 0 Å². The number of hydrogen-bond donors (Lipinski definition) is 0. The average molecular weight is 625 g/mol. The van der Waals surface area contributed by atoms with Gasteiger partial charge in [-0.25, -0.2) is 0 Å². The molecule has 3 heteroatoms. The van der Waals surface area contributed by atoms with E-state index in [2.05, 4.69) is 97.1 Å². The molecular formula is C45H36O3. The molecule has 0 unspecified atom stereocenters. The molecule has 48 heavy (non-hydrogen) atoms. The molecule has 0 aliphatic heterocycles. The van der Waals surface area contributed by atoms with E-state index in [-0.39, 0.29) is 5.78 Å². The third kappa shape index (κ3) is 7.03. The van der Waals surface area contributed by atoms with E-state index in [1.165, 1.54) is 0 Å². The highest BCUT2D eigenvalue weighted by Gasteiger charge is 2.35. The van der Waals surface area contributed by atoms with Crippen LogP contribution in [0.1, 0.15) is 44.5 Å². The Hall–Kier alpha value is -5.61. The van der Waals surface area contributed by atoms with Gasteiger partial charge < -0.3 is 9.47 Å². The lowest BCUT2D eigenvalue weighted by Crippen LogP contribution is -2.03. The summed E-state index contributed by atoms with van der Waals surface area (Å²) in [6, 6.07) is 57.3. The van der Waals surface area contributed by atoms with Crippen LogP contribution >= 0.6 is 0 Å². The molecular weight excluding hydrogens is 588 g/mol. The molecule has 0 N–H and O–H groups in total. The largest absolute Gasteiger partial charge is 0.372 e. The molecule has 7 rings (SSSR count). The maximum Gasteiger partial charge on any atom is 0.195 e. The summed E-state index contributed by atoms with van der Waals surface area (Å²) in [5.41, 5.74) is 11.5. The maximum atomic E-state index is 14.7. The van der Waals surface area contributed by atoms with Gasteiger partial charge >= 0.3 is 0 Å². The topological polar surface area (TPSA) is 35.5 Å². The summed E-state index contributed by atoms with van der Waals surface area (Å²) in [5, 5.41) is 0. The predicted molar refractivity (Wildman–Crippen MR) is 194 cm³/mol. The quantitative estimate of drug-likeness (QED) is 0.136. The molecule has 0 saturated carbocycles. The van der Waals surface area contributed by atoms with E-state index in [1.807, 2.05) is 72.8 Å². The first kappa shape index (κ1) is 31.0. The second-order valence-electron chi connectivity index (χ2n) is 11.9. The number of ketones is 1. The van der Waals surface area contributed by atoms with Gasteiger partial charge in [0.15, 0.2) is 5.78 Å². The van der Waals surface area contributed by atoms with Crippen molar-refractivity contribution >= 4 is 28.1 Å². The van der Waals surface area contributed by atoms with Crippen molar-refractivity contribution in [2.45, 2.75) is 26.4 Å². The van der Waals surface area contributed by atoms with Gasteiger partial charge in [0.05, 0.1) is 26.4 Å². The zero-order chi connectivity index (χ0) is 32.5. The molecule has 6 aromatic rings. The molecule has 234 valence electrons. The van der Waals surface area contributed by atoms with Crippen LogP contribution in [0.4, 0.5) is 0 Å². The van der Waals surface area contributed by atoms with Crippen molar-refractivity contribution in [3.05, 3.63) is 214 Å². The van der Waals surface area contributed by atoms with Crippen molar-refractivity contribution in [1.29, 1.82) is 0 Å². The van der Waals surface area contributed by atoms with E-state index in [0.29, 0.717) is 37.6 Å². The lowest BCUT2D eigenvalue weighted by molar-refractivity contribution is -0.108. The number of allylic oxidation sites excluding steroid dienone is 4. The maximum absolute atomic E-state index is 14.7. The Morgan fingerprint density at radius 3 is 0.896 bits per heavy atom. The number of carbonyl (C=O) groups excluding carboxylic acids is 1.